The molecule has 0 aliphatic carbocycles. The second-order valence-electron chi connectivity index (χ2n) is 5.61. The molecule has 3 rings (SSSR count). The van der Waals surface area contributed by atoms with Gasteiger partial charge in [-0.15, -0.1) is 11.3 Å². The van der Waals surface area contributed by atoms with Crippen LogP contribution in [0.1, 0.15) is 23.1 Å². The molecule has 2 heterocycles. The van der Waals surface area contributed by atoms with Crippen LogP contribution in [0.4, 0.5) is 5.13 Å². The van der Waals surface area contributed by atoms with Crippen LogP contribution in [-0.2, 0) is 24.3 Å². The number of nitrogens with zero attached hydrogens (tertiary/aromatic N) is 2. The van der Waals surface area contributed by atoms with Crippen LogP contribution < -0.4 is 11.1 Å². The molecule has 0 saturated carbocycles. The molecule has 1 aromatic heterocycles. The lowest BCUT2D eigenvalue weighted by molar-refractivity contribution is -0.117. The van der Waals surface area contributed by atoms with E-state index in [0.717, 1.165) is 31.7 Å². The number of anilines is 1. The number of hydrogen-bond acceptors (Lipinski definition) is 5. The number of amides is 1. The summed E-state index contributed by atoms with van der Waals surface area (Å²) in [7, 11) is 0. The smallest absolute Gasteiger partial charge is 0.242 e. The maximum atomic E-state index is 11.7. The number of hydrogen-bond donors (Lipinski definition) is 2. The average molecular weight is 316 g/mol. The van der Waals surface area contributed by atoms with Gasteiger partial charge in [-0.2, -0.15) is 0 Å². The number of rotatable bonds is 4. The van der Waals surface area contributed by atoms with Crippen molar-refractivity contribution in [1.82, 2.24) is 9.88 Å². The molecule has 0 saturated heterocycles. The van der Waals surface area contributed by atoms with E-state index < -0.39 is 6.04 Å². The van der Waals surface area contributed by atoms with Crippen LogP contribution in [-0.4, -0.2) is 28.4 Å². The van der Waals surface area contributed by atoms with Gasteiger partial charge in [-0.25, -0.2) is 4.98 Å². The van der Waals surface area contributed by atoms with E-state index in [2.05, 4.69) is 39.5 Å². The number of nitrogens with two attached hydrogens (primary N) is 1. The number of benzene rings is 1. The third kappa shape index (κ3) is 3.52. The normalized spacial score (nSPS) is 16.1. The summed E-state index contributed by atoms with van der Waals surface area (Å²) in [5, 5.41) is 3.45. The Morgan fingerprint density at radius 3 is 2.95 bits per heavy atom. The molecule has 1 aromatic carbocycles. The van der Waals surface area contributed by atoms with Gasteiger partial charge in [-0.05, 0) is 12.5 Å². The minimum absolute atomic E-state index is 0.188. The molecule has 1 atom stereocenters. The lowest BCUT2D eigenvalue weighted by atomic mass is 10.1. The number of nitrogens with one attached hydrogen (secondary N) is 1. The summed E-state index contributed by atoms with van der Waals surface area (Å²) in [4.78, 5) is 19.8. The fourth-order valence-corrected chi connectivity index (χ4v) is 3.55. The van der Waals surface area contributed by atoms with Gasteiger partial charge in [-0.3, -0.25) is 9.69 Å². The predicted octanol–water partition coefficient (Wildman–Crippen LogP) is 1.99. The maximum Gasteiger partial charge on any atom is 0.242 e. The SMILES string of the molecule is C[C@@H](N)C(=O)Nc1nc2c(s1)CN(Cc1ccccc1)CC2. The van der Waals surface area contributed by atoms with Crippen molar-refractivity contribution in [2.75, 3.05) is 11.9 Å². The van der Waals surface area contributed by atoms with Gasteiger partial charge < -0.3 is 11.1 Å². The Balaban J connectivity index is 1.66. The van der Waals surface area contributed by atoms with Crippen molar-refractivity contribution in [2.24, 2.45) is 5.73 Å². The lowest BCUT2D eigenvalue weighted by Gasteiger charge is -2.25. The highest BCUT2D eigenvalue weighted by atomic mass is 32.1. The zero-order chi connectivity index (χ0) is 15.5. The minimum Gasteiger partial charge on any atom is -0.320 e. The molecule has 5 nitrogen and oxygen atoms in total. The van der Waals surface area contributed by atoms with Crippen LogP contribution in [0.15, 0.2) is 30.3 Å². The molecular formula is C16H20N4OS. The van der Waals surface area contributed by atoms with Gasteiger partial charge in [0.25, 0.3) is 0 Å². The highest BCUT2D eigenvalue weighted by Gasteiger charge is 2.21. The molecule has 0 unspecified atom stereocenters. The predicted molar refractivity (Wildman–Crippen MR) is 88.7 cm³/mol. The van der Waals surface area contributed by atoms with Crippen LogP contribution in [0.5, 0.6) is 0 Å². The Labute approximate surface area is 134 Å². The van der Waals surface area contributed by atoms with Crippen molar-refractivity contribution in [3.8, 4) is 0 Å². The monoisotopic (exact) mass is 316 g/mol. The van der Waals surface area contributed by atoms with Gasteiger partial charge in [0.2, 0.25) is 5.91 Å². The molecule has 3 N–H and O–H groups in total. The molecule has 0 bridgehead atoms. The summed E-state index contributed by atoms with van der Waals surface area (Å²) in [6.45, 7) is 4.49. The van der Waals surface area contributed by atoms with Crippen LogP contribution in [0.2, 0.25) is 0 Å². The van der Waals surface area contributed by atoms with Gasteiger partial charge in [0, 0.05) is 30.9 Å². The Hall–Kier alpha value is -1.76. The van der Waals surface area contributed by atoms with E-state index >= 15 is 0 Å². The summed E-state index contributed by atoms with van der Waals surface area (Å²) < 4.78 is 0. The van der Waals surface area contributed by atoms with E-state index in [1.165, 1.54) is 10.4 Å². The molecule has 1 aliphatic rings. The molecule has 22 heavy (non-hydrogen) atoms. The molecule has 0 radical (unpaired) electrons. The molecular weight excluding hydrogens is 296 g/mol. The second kappa shape index (κ2) is 6.56. The van der Waals surface area contributed by atoms with Crippen LogP contribution >= 0.6 is 11.3 Å². The van der Waals surface area contributed by atoms with E-state index in [4.69, 9.17) is 5.73 Å². The first-order valence-electron chi connectivity index (χ1n) is 7.43. The summed E-state index contributed by atoms with van der Waals surface area (Å²) >= 11 is 1.56. The van der Waals surface area contributed by atoms with Crippen molar-refractivity contribution in [3.05, 3.63) is 46.5 Å². The topological polar surface area (TPSA) is 71.2 Å². The summed E-state index contributed by atoms with van der Waals surface area (Å²) in [6.07, 6.45) is 0.923. The van der Waals surface area contributed by atoms with Gasteiger partial charge in [0.05, 0.1) is 11.7 Å². The average Bonchev–Trinajstić information content (AvgIpc) is 2.89. The van der Waals surface area contributed by atoms with Crippen molar-refractivity contribution in [3.63, 3.8) is 0 Å². The molecule has 6 heteroatoms. The van der Waals surface area contributed by atoms with E-state index in [1.807, 2.05) is 6.07 Å². The molecule has 0 fully saturated rings. The van der Waals surface area contributed by atoms with Gasteiger partial charge in [0.15, 0.2) is 5.13 Å². The third-order valence-electron chi connectivity index (χ3n) is 3.70. The number of aromatic nitrogens is 1. The minimum atomic E-state index is -0.518. The van der Waals surface area contributed by atoms with Crippen LogP contribution in [0.25, 0.3) is 0 Å². The van der Waals surface area contributed by atoms with E-state index in [9.17, 15) is 4.79 Å². The number of carbonyl (C=O) groups excluding carboxylic acids is 1. The molecule has 1 aliphatic heterocycles. The van der Waals surface area contributed by atoms with E-state index in [-0.39, 0.29) is 5.91 Å². The first-order chi connectivity index (χ1) is 10.6. The highest BCUT2D eigenvalue weighted by molar-refractivity contribution is 7.15. The fourth-order valence-electron chi connectivity index (χ4n) is 2.50. The Morgan fingerprint density at radius 2 is 2.23 bits per heavy atom. The molecule has 2 aromatic rings. The number of thiazole rings is 1. The largest absolute Gasteiger partial charge is 0.320 e. The fraction of sp³-hybridized carbons (Fsp3) is 0.375. The van der Waals surface area contributed by atoms with Gasteiger partial charge >= 0.3 is 0 Å². The summed E-state index contributed by atoms with van der Waals surface area (Å²) in [6, 6.07) is 9.95. The van der Waals surface area contributed by atoms with Crippen molar-refractivity contribution in [1.29, 1.82) is 0 Å². The first kappa shape index (κ1) is 15.1. The maximum absolute atomic E-state index is 11.7. The van der Waals surface area contributed by atoms with Crippen molar-refractivity contribution in [2.45, 2.75) is 32.5 Å². The van der Waals surface area contributed by atoms with E-state index in [1.54, 1.807) is 18.3 Å². The summed E-state index contributed by atoms with van der Waals surface area (Å²) in [5.74, 6) is -0.188. The van der Waals surface area contributed by atoms with E-state index in [0.29, 0.717) is 5.13 Å². The summed E-state index contributed by atoms with van der Waals surface area (Å²) in [5.41, 5.74) is 8.00. The van der Waals surface area contributed by atoms with Gasteiger partial charge in [0.1, 0.15) is 0 Å². The Morgan fingerprint density at radius 1 is 1.45 bits per heavy atom. The Kier molecular flexibility index (Phi) is 4.52. The molecule has 116 valence electrons. The second-order valence-corrected chi connectivity index (χ2v) is 6.70. The zero-order valence-corrected chi connectivity index (χ0v) is 13.4. The number of fused-ring (bicyclic) bond motifs is 1. The molecule has 0 spiro atoms. The van der Waals surface area contributed by atoms with Crippen molar-refractivity contribution >= 4 is 22.4 Å². The first-order valence-corrected chi connectivity index (χ1v) is 8.25. The van der Waals surface area contributed by atoms with Crippen LogP contribution in [0.3, 0.4) is 0 Å². The standard InChI is InChI=1S/C16H20N4OS/c1-11(17)15(21)19-16-18-13-7-8-20(10-14(13)22-16)9-12-5-3-2-4-6-12/h2-6,11H,7-10,17H2,1H3,(H,18,19,21)/t11-/m1/s1. The molecule has 1 amide bonds. The Bertz CT molecular complexity index is 653. The lowest BCUT2D eigenvalue weighted by Crippen LogP contribution is -2.32. The number of carbonyl (C=O) groups is 1. The highest BCUT2D eigenvalue weighted by Crippen LogP contribution is 2.29. The zero-order valence-electron chi connectivity index (χ0n) is 12.6. The third-order valence-corrected chi connectivity index (χ3v) is 4.70. The van der Waals surface area contributed by atoms with Crippen LogP contribution in [0, 0.1) is 0 Å². The van der Waals surface area contributed by atoms with Gasteiger partial charge in [-0.1, -0.05) is 30.3 Å². The quantitative estimate of drug-likeness (QED) is 0.905. The van der Waals surface area contributed by atoms with Crippen molar-refractivity contribution < 1.29 is 4.79 Å².